The van der Waals surface area contributed by atoms with Gasteiger partial charge in [0.05, 0.1) is 0 Å². The molecule has 45 heavy (non-hydrogen) atoms. The van der Waals surface area contributed by atoms with Crippen molar-refractivity contribution in [2.24, 2.45) is 0 Å². The third-order valence-corrected chi connectivity index (χ3v) is 9.88. The van der Waals surface area contributed by atoms with Crippen molar-refractivity contribution in [3.8, 4) is 22.3 Å². The van der Waals surface area contributed by atoms with Crippen LogP contribution in [-0.4, -0.2) is 0 Å². The highest BCUT2D eigenvalue weighted by atomic mass is 32.1. The number of hydrogen-bond acceptors (Lipinski definition) is 3. The van der Waals surface area contributed by atoms with E-state index >= 15 is 0 Å². The van der Waals surface area contributed by atoms with E-state index in [0.717, 1.165) is 50.1 Å². The second-order valence-corrected chi connectivity index (χ2v) is 12.4. The van der Waals surface area contributed by atoms with Crippen molar-refractivity contribution in [2.75, 3.05) is 4.90 Å². The molecule has 0 bridgehead atoms. The van der Waals surface area contributed by atoms with Crippen molar-refractivity contribution in [2.45, 2.75) is 0 Å². The number of furan rings is 1. The zero-order valence-corrected chi connectivity index (χ0v) is 25.2. The maximum absolute atomic E-state index is 6.60. The van der Waals surface area contributed by atoms with E-state index in [1.807, 2.05) is 17.4 Å². The van der Waals surface area contributed by atoms with Gasteiger partial charge in [-0.25, -0.2) is 0 Å². The van der Waals surface area contributed by atoms with Crippen LogP contribution in [0.4, 0.5) is 17.1 Å². The molecular formula is C42H27NOS. The Labute approximate surface area is 265 Å². The lowest BCUT2D eigenvalue weighted by Gasteiger charge is -2.25. The minimum atomic E-state index is 0.908. The Morgan fingerprint density at radius 3 is 1.80 bits per heavy atom. The lowest BCUT2D eigenvalue weighted by Crippen LogP contribution is -2.09. The molecule has 0 amide bonds. The summed E-state index contributed by atoms with van der Waals surface area (Å²) < 4.78 is 9.18. The summed E-state index contributed by atoms with van der Waals surface area (Å²) in [5.41, 5.74) is 9.86. The summed E-state index contributed by atoms with van der Waals surface area (Å²) in [5.74, 6) is 0. The summed E-state index contributed by atoms with van der Waals surface area (Å²) in [6.07, 6.45) is 0. The van der Waals surface area contributed by atoms with E-state index in [-0.39, 0.29) is 0 Å². The van der Waals surface area contributed by atoms with Crippen LogP contribution in [0.3, 0.4) is 0 Å². The number of thiophene rings is 1. The molecule has 0 saturated heterocycles. The molecule has 0 radical (unpaired) electrons. The van der Waals surface area contributed by atoms with Crippen LogP contribution in [-0.2, 0) is 0 Å². The molecule has 3 heteroatoms. The first kappa shape index (κ1) is 25.8. The average molecular weight is 594 g/mol. The predicted molar refractivity (Wildman–Crippen MR) is 192 cm³/mol. The summed E-state index contributed by atoms with van der Waals surface area (Å²) in [6, 6.07) is 58.3. The zero-order valence-electron chi connectivity index (χ0n) is 24.4. The zero-order chi connectivity index (χ0) is 29.7. The van der Waals surface area contributed by atoms with Gasteiger partial charge in [0.15, 0.2) is 0 Å². The van der Waals surface area contributed by atoms with E-state index in [1.54, 1.807) is 0 Å². The van der Waals surface area contributed by atoms with Gasteiger partial charge >= 0.3 is 0 Å². The lowest BCUT2D eigenvalue weighted by atomic mass is 9.95. The molecular weight excluding hydrogens is 567 g/mol. The van der Waals surface area contributed by atoms with Gasteiger partial charge in [0.1, 0.15) is 11.2 Å². The van der Waals surface area contributed by atoms with Gasteiger partial charge in [-0.1, -0.05) is 103 Å². The Kier molecular flexibility index (Phi) is 6.03. The Morgan fingerprint density at radius 1 is 0.422 bits per heavy atom. The number of hydrogen-bond donors (Lipinski definition) is 0. The second kappa shape index (κ2) is 10.5. The highest BCUT2D eigenvalue weighted by molar-refractivity contribution is 7.26. The molecule has 9 aromatic rings. The van der Waals surface area contributed by atoms with Crippen molar-refractivity contribution in [3.63, 3.8) is 0 Å². The van der Waals surface area contributed by atoms with E-state index in [9.17, 15) is 0 Å². The molecule has 0 unspecified atom stereocenters. The Bertz CT molecular complexity index is 2430. The molecule has 212 valence electrons. The van der Waals surface area contributed by atoms with E-state index < -0.39 is 0 Å². The molecule has 2 nitrogen and oxygen atoms in total. The summed E-state index contributed by atoms with van der Waals surface area (Å²) in [5, 5.41) is 4.85. The highest BCUT2D eigenvalue weighted by Crippen LogP contribution is 2.45. The minimum Gasteiger partial charge on any atom is -0.455 e. The molecule has 2 aromatic heterocycles. The molecule has 0 N–H and O–H groups in total. The number of benzene rings is 7. The van der Waals surface area contributed by atoms with E-state index in [0.29, 0.717) is 0 Å². The molecule has 2 heterocycles. The first-order valence-corrected chi connectivity index (χ1v) is 16.0. The molecule has 0 spiro atoms. The normalized spacial score (nSPS) is 11.6. The summed E-state index contributed by atoms with van der Waals surface area (Å²) in [4.78, 5) is 2.30. The van der Waals surface area contributed by atoms with Crippen LogP contribution in [0.1, 0.15) is 0 Å². The van der Waals surface area contributed by atoms with Crippen molar-refractivity contribution >= 4 is 70.5 Å². The van der Waals surface area contributed by atoms with Gasteiger partial charge in [0, 0.05) is 59.1 Å². The van der Waals surface area contributed by atoms with Crippen LogP contribution < -0.4 is 4.90 Å². The Morgan fingerprint density at radius 2 is 1.04 bits per heavy atom. The van der Waals surface area contributed by atoms with Crippen LogP contribution in [0.5, 0.6) is 0 Å². The van der Waals surface area contributed by atoms with Crippen LogP contribution in [0.25, 0.3) is 64.4 Å². The summed E-state index contributed by atoms with van der Waals surface area (Å²) in [7, 11) is 0. The van der Waals surface area contributed by atoms with Crippen molar-refractivity contribution < 1.29 is 4.42 Å². The van der Waals surface area contributed by atoms with Crippen molar-refractivity contribution in [1.29, 1.82) is 0 Å². The topological polar surface area (TPSA) is 16.4 Å². The first-order valence-electron chi connectivity index (χ1n) is 15.2. The predicted octanol–water partition coefficient (Wildman–Crippen LogP) is 12.8. The summed E-state index contributed by atoms with van der Waals surface area (Å²) >= 11 is 1.85. The largest absolute Gasteiger partial charge is 0.455 e. The Balaban J connectivity index is 1.24. The molecule has 0 fully saturated rings. The highest BCUT2D eigenvalue weighted by Gasteiger charge is 2.19. The number of para-hydroxylation sites is 3. The fourth-order valence-electron chi connectivity index (χ4n) is 6.56. The van der Waals surface area contributed by atoms with E-state index in [4.69, 9.17) is 4.42 Å². The number of nitrogens with zero attached hydrogens (tertiary/aromatic N) is 1. The van der Waals surface area contributed by atoms with Gasteiger partial charge in [0.25, 0.3) is 0 Å². The van der Waals surface area contributed by atoms with Crippen molar-refractivity contribution in [3.05, 3.63) is 164 Å². The van der Waals surface area contributed by atoms with Gasteiger partial charge in [-0.15, -0.1) is 11.3 Å². The smallest absolute Gasteiger partial charge is 0.143 e. The molecule has 0 saturated carbocycles. The van der Waals surface area contributed by atoms with E-state index in [2.05, 4.69) is 163 Å². The van der Waals surface area contributed by atoms with E-state index in [1.165, 1.54) is 31.3 Å². The fraction of sp³-hybridized carbons (Fsp3) is 0. The van der Waals surface area contributed by atoms with Gasteiger partial charge in [-0.3, -0.25) is 0 Å². The number of anilines is 3. The van der Waals surface area contributed by atoms with Crippen LogP contribution in [0.2, 0.25) is 0 Å². The minimum absolute atomic E-state index is 0.908. The molecule has 0 atom stereocenters. The number of rotatable bonds is 5. The SMILES string of the molecule is c1ccc(N(c2ccccc2)c2ccc(-c3cc(-c4cccc5c4sc4ccccc45)c4oc5ccccc5c4c3)cc2)cc1. The lowest BCUT2D eigenvalue weighted by molar-refractivity contribution is 0.670. The van der Waals surface area contributed by atoms with Gasteiger partial charge < -0.3 is 9.32 Å². The molecule has 0 aliphatic carbocycles. The maximum atomic E-state index is 6.60. The monoisotopic (exact) mass is 593 g/mol. The third kappa shape index (κ3) is 4.32. The van der Waals surface area contributed by atoms with Gasteiger partial charge in [-0.05, 0) is 71.8 Å². The first-order chi connectivity index (χ1) is 22.3. The molecule has 0 aliphatic heterocycles. The second-order valence-electron chi connectivity index (χ2n) is 11.3. The fourth-order valence-corrected chi connectivity index (χ4v) is 7.79. The summed E-state index contributed by atoms with van der Waals surface area (Å²) in [6.45, 7) is 0. The number of fused-ring (bicyclic) bond motifs is 6. The van der Waals surface area contributed by atoms with Crippen LogP contribution >= 0.6 is 11.3 Å². The average Bonchev–Trinajstić information content (AvgIpc) is 3.68. The third-order valence-electron chi connectivity index (χ3n) is 8.66. The quantitative estimate of drug-likeness (QED) is 0.197. The van der Waals surface area contributed by atoms with Gasteiger partial charge in [-0.2, -0.15) is 0 Å². The Hall–Kier alpha value is -5.64. The standard InChI is InChI=1S/C42H27NOS/c1-3-12-30(13-4-1)43(31-14-5-2-6-15-31)32-24-22-28(23-25-32)29-26-37-33-16-7-9-20-39(33)44-41(37)38(27-29)36-19-11-18-35-34-17-8-10-21-40(34)45-42(35)36/h1-27H. The molecule has 7 aromatic carbocycles. The molecule has 0 aliphatic rings. The molecule has 9 rings (SSSR count). The van der Waals surface area contributed by atoms with Crippen LogP contribution in [0, 0.1) is 0 Å². The van der Waals surface area contributed by atoms with Crippen molar-refractivity contribution in [1.82, 2.24) is 0 Å². The maximum Gasteiger partial charge on any atom is 0.143 e. The van der Waals surface area contributed by atoms with Crippen LogP contribution in [0.15, 0.2) is 168 Å². The van der Waals surface area contributed by atoms with Gasteiger partial charge in [0.2, 0.25) is 0 Å².